The van der Waals surface area contributed by atoms with Crippen LogP contribution < -0.4 is 10.6 Å². The van der Waals surface area contributed by atoms with Crippen molar-refractivity contribution in [3.05, 3.63) is 34.9 Å². The molecule has 0 spiro atoms. The first-order valence-corrected chi connectivity index (χ1v) is 6.95. The van der Waals surface area contributed by atoms with Crippen molar-refractivity contribution in [1.82, 2.24) is 10.6 Å². The van der Waals surface area contributed by atoms with Crippen LogP contribution in [0.15, 0.2) is 18.2 Å². The predicted octanol–water partition coefficient (Wildman–Crippen LogP) is 2.08. The number of urea groups is 1. The predicted molar refractivity (Wildman–Crippen MR) is 82.6 cm³/mol. The van der Waals surface area contributed by atoms with Crippen molar-refractivity contribution in [2.75, 3.05) is 6.61 Å². The van der Waals surface area contributed by atoms with E-state index >= 15 is 0 Å². The molecule has 6 heteroatoms. The van der Waals surface area contributed by atoms with Crippen LogP contribution in [0.3, 0.4) is 0 Å². The lowest BCUT2D eigenvalue weighted by atomic mass is 10.0. The van der Waals surface area contributed by atoms with Crippen molar-refractivity contribution in [2.24, 2.45) is 0 Å². The SMILES string of the molecule is Cc1cccc(C(=O)OCC(=O)NC(=O)NC(C)(C)C)c1C. The van der Waals surface area contributed by atoms with E-state index in [1.165, 1.54) is 0 Å². The summed E-state index contributed by atoms with van der Waals surface area (Å²) >= 11 is 0. The molecule has 6 nitrogen and oxygen atoms in total. The average molecular weight is 306 g/mol. The van der Waals surface area contributed by atoms with Crippen molar-refractivity contribution in [2.45, 2.75) is 40.2 Å². The third-order valence-electron chi connectivity index (χ3n) is 2.90. The number of amides is 3. The molecule has 0 aromatic heterocycles. The number of rotatable bonds is 3. The zero-order valence-electron chi connectivity index (χ0n) is 13.6. The average Bonchev–Trinajstić information content (AvgIpc) is 2.36. The third-order valence-corrected chi connectivity index (χ3v) is 2.90. The van der Waals surface area contributed by atoms with Gasteiger partial charge in [0.2, 0.25) is 0 Å². The number of benzene rings is 1. The maximum Gasteiger partial charge on any atom is 0.338 e. The molecule has 0 aliphatic carbocycles. The van der Waals surface area contributed by atoms with Gasteiger partial charge < -0.3 is 10.1 Å². The molecule has 0 aliphatic heterocycles. The Hall–Kier alpha value is -2.37. The molecule has 0 radical (unpaired) electrons. The molecule has 1 aromatic rings. The number of carbonyl (C=O) groups is 3. The van der Waals surface area contributed by atoms with Gasteiger partial charge in [-0.05, 0) is 51.8 Å². The highest BCUT2D eigenvalue weighted by Gasteiger charge is 2.17. The quantitative estimate of drug-likeness (QED) is 0.837. The van der Waals surface area contributed by atoms with E-state index in [1.54, 1.807) is 32.9 Å². The van der Waals surface area contributed by atoms with Gasteiger partial charge in [-0.3, -0.25) is 10.1 Å². The zero-order chi connectivity index (χ0) is 16.9. The molecule has 0 unspecified atom stereocenters. The summed E-state index contributed by atoms with van der Waals surface area (Å²) in [5, 5.41) is 4.68. The van der Waals surface area contributed by atoms with Gasteiger partial charge in [0.15, 0.2) is 6.61 Å². The maximum atomic E-state index is 11.9. The molecule has 0 bridgehead atoms. The lowest BCUT2D eigenvalue weighted by Crippen LogP contribution is -2.49. The fraction of sp³-hybridized carbons (Fsp3) is 0.438. The largest absolute Gasteiger partial charge is 0.452 e. The first kappa shape index (κ1) is 17.7. The van der Waals surface area contributed by atoms with E-state index in [0.29, 0.717) is 5.56 Å². The van der Waals surface area contributed by atoms with Crippen LogP contribution in [0.1, 0.15) is 42.3 Å². The minimum absolute atomic E-state index is 0.409. The van der Waals surface area contributed by atoms with Gasteiger partial charge in [0.1, 0.15) is 0 Å². The van der Waals surface area contributed by atoms with Crippen LogP contribution in [-0.4, -0.2) is 30.1 Å². The van der Waals surface area contributed by atoms with Crippen LogP contribution in [0.5, 0.6) is 0 Å². The van der Waals surface area contributed by atoms with Crippen LogP contribution in [0.2, 0.25) is 0 Å². The summed E-state index contributed by atoms with van der Waals surface area (Å²) in [4.78, 5) is 35.0. The topological polar surface area (TPSA) is 84.5 Å². The second-order valence-corrected chi connectivity index (χ2v) is 6.08. The fourth-order valence-electron chi connectivity index (χ4n) is 1.72. The number of esters is 1. The Labute approximate surface area is 130 Å². The summed E-state index contributed by atoms with van der Waals surface area (Å²) in [5.74, 6) is -1.27. The van der Waals surface area contributed by atoms with Crippen molar-refractivity contribution in [1.29, 1.82) is 0 Å². The lowest BCUT2D eigenvalue weighted by molar-refractivity contribution is -0.123. The van der Waals surface area contributed by atoms with E-state index in [-0.39, 0.29) is 0 Å². The summed E-state index contributed by atoms with van der Waals surface area (Å²) < 4.78 is 4.93. The van der Waals surface area contributed by atoms with Crippen LogP contribution in [0, 0.1) is 13.8 Å². The molecular formula is C16H22N2O4. The fourth-order valence-corrected chi connectivity index (χ4v) is 1.72. The van der Waals surface area contributed by atoms with Gasteiger partial charge in [0.05, 0.1) is 5.56 Å². The lowest BCUT2D eigenvalue weighted by Gasteiger charge is -2.20. The third kappa shape index (κ3) is 5.55. The number of hydrogen-bond donors (Lipinski definition) is 2. The molecule has 0 saturated carbocycles. The molecule has 0 fully saturated rings. The molecule has 3 amide bonds. The Balaban J connectivity index is 2.52. The van der Waals surface area contributed by atoms with Gasteiger partial charge in [-0.15, -0.1) is 0 Å². The minimum Gasteiger partial charge on any atom is -0.452 e. The molecule has 2 N–H and O–H groups in total. The van der Waals surface area contributed by atoms with Gasteiger partial charge in [0.25, 0.3) is 5.91 Å². The van der Waals surface area contributed by atoms with Crippen molar-refractivity contribution in [3.8, 4) is 0 Å². The summed E-state index contributed by atoms with van der Waals surface area (Å²) in [6, 6.07) is 4.64. The molecule has 0 heterocycles. The highest BCUT2D eigenvalue weighted by Crippen LogP contribution is 2.13. The standard InChI is InChI=1S/C16H22N2O4/c1-10-7-6-8-12(11(10)2)14(20)22-9-13(19)17-15(21)18-16(3,4)5/h6-8H,9H2,1-5H3,(H2,17,18,19,21). The highest BCUT2D eigenvalue weighted by molar-refractivity contribution is 5.97. The zero-order valence-corrected chi connectivity index (χ0v) is 13.6. The number of hydrogen-bond acceptors (Lipinski definition) is 4. The van der Waals surface area contributed by atoms with E-state index < -0.39 is 30.1 Å². The van der Waals surface area contributed by atoms with E-state index in [2.05, 4.69) is 10.6 Å². The van der Waals surface area contributed by atoms with Gasteiger partial charge in [-0.2, -0.15) is 0 Å². The monoisotopic (exact) mass is 306 g/mol. The molecule has 120 valence electrons. The van der Waals surface area contributed by atoms with Crippen LogP contribution >= 0.6 is 0 Å². The van der Waals surface area contributed by atoms with E-state index in [9.17, 15) is 14.4 Å². The Bertz CT molecular complexity index is 588. The van der Waals surface area contributed by atoms with E-state index in [0.717, 1.165) is 11.1 Å². The molecule has 22 heavy (non-hydrogen) atoms. The number of carbonyl (C=O) groups excluding carboxylic acids is 3. The minimum atomic E-state index is -0.680. The Morgan fingerprint density at radius 3 is 2.36 bits per heavy atom. The smallest absolute Gasteiger partial charge is 0.338 e. The summed E-state index contributed by atoms with van der Waals surface area (Å²) in [6.07, 6.45) is 0. The summed E-state index contributed by atoms with van der Waals surface area (Å²) in [6.45, 7) is 8.55. The number of ether oxygens (including phenoxy) is 1. The first-order chi connectivity index (χ1) is 10.1. The van der Waals surface area contributed by atoms with E-state index in [1.807, 2.05) is 19.9 Å². The Kier molecular flexibility index (Phi) is 5.68. The van der Waals surface area contributed by atoms with Crippen LogP contribution in [-0.2, 0) is 9.53 Å². The van der Waals surface area contributed by atoms with Gasteiger partial charge in [-0.1, -0.05) is 12.1 Å². The summed E-state index contributed by atoms with van der Waals surface area (Å²) in [7, 11) is 0. The molecule has 0 saturated heterocycles. The van der Waals surface area contributed by atoms with Gasteiger partial charge in [0, 0.05) is 5.54 Å². The summed E-state index contributed by atoms with van der Waals surface area (Å²) in [5.41, 5.74) is 1.72. The van der Waals surface area contributed by atoms with Crippen LogP contribution in [0.4, 0.5) is 4.79 Å². The van der Waals surface area contributed by atoms with E-state index in [4.69, 9.17) is 4.74 Å². The molecule has 1 rings (SSSR count). The van der Waals surface area contributed by atoms with Gasteiger partial charge in [-0.25, -0.2) is 9.59 Å². The second-order valence-electron chi connectivity index (χ2n) is 6.08. The second kappa shape index (κ2) is 7.06. The van der Waals surface area contributed by atoms with Crippen molar-refractivity contribution >= 4 is 17.9 Å². The molecule has 0 aliphatic rings. The van der Waals surface area contributed by atoms with Crippen molar-refractivity contribution < 1.29 is 19.1 Å². The first-order valence-electron chi connectivity index (χ1n) is 6.95. The molecule has 1 aromatic carbocycles. The van der Waals surface area contributed by atoms with Crippen molar-refractivity contribution in [3.63, 3.8) is 0 Å². The Morgan fingerprint density at radius 2 is 1.77 bits per heavy atom. The van der Waals surface area contributed by atoms with Gasteiger partial charge >= 0.3 is 12.0 Å². The highest BCUT2D eigenvalue weighted by atomic mass is 16.5. The number of aryl methyl sites for hydroxylation is 1. The normalized spacial score (nSPS) is 10.8. The number of imide groups is 1. The Morgan fingerprint density at radius 1 is 1.14 bits per heavy atom. The number of nitrogens with one attached hydrogen (secondary N) is 2. The molecular weight excluding hydrogens is 284 g/mol. The van der Waals surface area contributed by atoms with Crippen LogP contribution in [0.25, 0.3) is 0 Å². The maximum absolute atomic E-state index is 11.9. The molecule has 0 atom stereocenters.